The van der Waals surface area contributed by atoms with E-state index in [4.69, 9.17) is 5.11 Å². The minimum Gasteiger partial charge on any atom is -0.476 e. The lowest BCUT2D eigenvalue weighted by Gasteiger charge is -2.07. The van der Waals surface area contributed by atoms with Crippen LogP contribution in [-0.2, 0) is 0 Å². The van der Waals surface area contributed by atoms with Crippen molar-refractivity contribution in [2.24, 2.45) is 0 Å². The summed E-state index contributed by atoms with van der Waals surface area (Å²) in [7, 11) is 0. The molecule has 2 rings (SSSR count). The third-order valence-electron chi connectivity index (χ3n) is 2.49. The molecule has 0 saturated heterocycles. The zero-order chi connectivity index (χ0) is 12.6. The van der Waals surface area contributed by atoms with Crippen LogP contribution in [0.5, 0.6) is 0 Å². The van der Waals surface area contributed by atoms with Crippen molar-refractivity contribution in [2.75, 3.05) is 0 Å². The van der Waals surface area contributed by atoms with Gasteiger partial charge < -0.3 is 5.11 Å². The Labute approximate surface area is 97.3 Å². The smallest absolute Gasteiger partial charge is 0.356 e. The van der Waals surface area contributed by atoms with Crippen LogP contribution >= 0.6 is 0 Å². The third-order valence-corrected chi connectivity index (χ3v) is 2.49. The fourth-order valence-corrected chi connectivity index (χ4v) is 1.68. The Kier molecular flexibility index (Phi) is 2.67. The molecular weight excluding hydrogens is 223 g/mol. The SMILES string of the molecule is Cc1cc(F)ccc1-n1nc(C(=O)O)cc1C. The Balaban J connectivity index is 2.56. The van der Waals surface area contributed by atoms with E-state index in [0.29, 0.717) is 16.9 Å². The highest BCUT2D eigenvalue weighted by Crippen LogP contribution is 2.17. The molecule has 1 aromatic carbocycles. The summed E-state index contributed by atoms with van der Waals surface area (Å²) in [6.07, 6.45) is 0. The summed E-state index contributed by atoms with van der Waals surface area (Å²) in [6.45, 7) is 3.50. The first kappa shape index (κ1) is 11.3. The van der Waals surface area contributed by atoms with Crippen LogP contribution in [-0.4, -0.2) is 20.9 Å². The number of aromatic carboxylic acids is 1. The minimum atomic E-state index is -1.08. The number of rotatable bonds is 2. The van der Waals surface area contributed by atoms with Gasteiger partial charge in [-0.3, -0.25) is 0 Å². The molecule has 0 aliphatic heterocycles. The van der Waals surface area contributed by atoms with Gasteiger partial charge in [0.2, 0.25) is 0 Å². The van der Waals surface area contributed by atoms with Crippen molar-refractivity contribution in [2.45, 2.75) is 13.8 Å². The van der Waals surface area contributed by atoms with Crippen LogP contribution in [0.1, 0.15) is 21.7 Å². The molecule has 1 aromatic heterocycles. The Morgan fingerprint density at radius 2 is 2.06 bits per heavy atom. The number of hydrogen-bond donors (Lipinski definition) is 1. The third kappa shape index (κ3) is 2.04. The summed E-state index contributed by atoms with van der Waals surface area (Å²) >= 11 is 0. The summed E-state index contributed by atoms with van der Waals surface area (Å²) in [5, 5.41) is 12.8. The molecule has 0 fully saturated rings. The Morgan fingerprint density at radius 1 is 1.35 bits per heavy atom. The Bertz CT molecular complexity index is 590. The maximum atomic E-state index is 13.0. The zero-order valence-corrected chi connectivity index (χ0v) is 9.44. The summed E-state index contributed by atoms with van der Waals surface area (Å²) in [5.41, 5.74) is 2.05. The first-order chi connectivity index (χ1) is 7.99. The molecule has 0 saturated carbocycles. The molecule has 0 amide bonds. The second-order valence-electron chi connectivity index (χ2n) is 3.82. The molecule has 2 aromatic rings. The van der Waals surface area contributed by atoms with E-state index in [1.807, 2.05) is 0 Å². The molecular formula is C12H11FN2O2. The van der Waals surface area contributed by atoms with E-state index in [0.717, 1.165) is 0 Å². The molecule has 0 unspecified atom stereocenters. The lowest BCUT2D eigenvalue weighted by molar-refractivity contribution is 0.0690. The highest BCUT2D eigenvalue weighted by molar-refractivity contribution is 5.85. The maximum absolute atomic E-state index is 13.0. The standard InChI is InChI=1S/C12H11FN2O2/c1-7-5-9(13)3-4-11(7)15-8(2)6-10(14-15)12(16)17/h3-6H,1-2H3,(H,16,17). The fraction of sp³-hybridized carbons (Fsp3) is 0.167. The average Bonchev–Trinajstić information content (AvgIpc) is 2.61. The molecule has 17 heavy (non-hydrogen) atoms. The molecule has 1 heterocycles. The van der Waals surface area contributed by atoms with E-state index in [1.165, 1.54) is 22.9 Å². The lowest BCUT2D eigenvalue weighted by atomic mass is 10.2. The van der Waals surface area contributed by atoms with Gasteiger partial charge in [0.05, 0.1) is 5.69 Å². The number of benzene rings is 1. The second-order valence-corrected chi connectivity index (χ2v) is 3.82. The van der Waals surface area contributed by atoms with Crippen molar-refractivity contribution < 1.29 is 14.3 Å². The number of hydrogen-bond acceptors (Lipinski definition) is 2. The number of halogens is 1. The van der Waals surface area contributed by atoms with Gasteiger partial charge in [-0.1, -0.05) is 0 Å². The van der Waals surface area contributed by atoms with E-state index in [9.17, 15) is 9.18 Å². The number of aromatic nitrogens is 2. The Hall–Kier alpha value is -2.17. The van der Waals surface area contributed by atoms with Crippen molar-refractivity contribution in [3.8, 4) is 5.69 Å². The molecule has 0 spiro atoms. The molecule has 0 radical (unpaired) electrons. The van der Waals surface area contributed by atoms with E-state index in [1.54, 1.807) is 19.9 Å². The number of carbonyl (C=O) groups is 1. The topological polar surface area (TPSA) is 55.1 Å². The van der Waals surface area contributed by atoms with Crippen molar-refractivity contribution in [3.63, 3.8) is 0 Å². The number of carboxylic acid groups (broad SMARTS) is 1. The second kappa shape index (κ2) is 4.01. The van der Waals surface area contributed by atoms with Crippen LogP contribution in [0.2, 0.25) is 0 Å². The molecule has 0 aliphatic rings. The highest BCUT2D eigenvalue weighted by Gasteiger charge is 2.13. The van der Waals surface area contributed by atoms with E-state index < -0.39 is 5.97 Å². The molecule has 88 valence electrons. The van der Waals surface area contributed by atoms with Crippen molar-refractivity contribution in [3.05, 3.63) is 47.0 Å². The largest absolute Gasteiger partial charge is 0.476 e. The van der Waals surface area contributed by atoms with Crippen LogP contribution in [0, 0.1) is 19.7 Å². The van der Waals surface area contributed by atoms with Crippen LogP contribution in [0.15, 0.2) is 24.3 Å². The molecule has 0 bridgehead atoms. The van der Waals surface area contributed by atoms with Crippen molar-refractivity contribution in [1.29, 1.82) is 0 Å². The van der Waals surface area contributed by atoms with Gasteiger partial charge in [0.1, 0.15) is 5.82 Å². The monoisotopic (exact) mass is 234 g/mol. The predicted molar refractivity (Wildman–Crippen MR) is 60.0 cm³/mol. The van der Waals surface area contributed by atoms with E-state index >= 15 is 0 Å². The van der Waals surface area contributed by atoms with Gasteiger partial charge in [-0.05, 0) is 43.7 Å². The first-order valence-electron chi connectivity index (χ1n) is 5.05. The van der Waals surface area contributed by atoms with E-state index in [-0.39, 0.29) is 11.5 Å². The summed E-state index contributed by atoms with van der Waals surface area (Å²) in [4.78, 5) is 10.8. The quantitative estimate of drug-likeness (QED) is 0.867. The zero-order valence-electron chi connectivity index (χ0n) is 9.44. The van der Waals surface area contributed by atoms with Gasteiger partial charge in [0, 0.05) is 5.69 Å². The van der Waals surface area contributed by atoms with Crippen LogP contribution < -0.4 is 0 Å². The van der Waals surface area contributed by atoms with Gasteiger partial charge in [0.25, 0.3) is 0 Å². The van der Waals surface area contributed by atoms with Gasteiger partial charge in [-0.25, -0.2) is 13.9 Å². The van der Waals surface area contributed by atoms with Gasteiger partial charge in [-0.2, -0.15) is 5.10 Å². The average molecular weight is 234 g/mol. The Morgan fingerprint density at radius 3 is 2.59 bits per heavy atom. The van der Waals surface area contributed by atoms with Crippen LogP contribution in [0.25, 0.3) is 5.69 Å². The summed E-state index contributed by atoms with van der Waals surface area (Å²) in [6, 6.07) is 5.77. The number of carboxylic acids is 1. The fourth-order valence-electron chi connectivity index (χ4n) is 1.68. The number of nitrogens with zero attached hydrogens (tertiary/aromatic N) is 2. The molecule has 0 aliphatic carbocycles. The minimum absolute atomic E-state index is 0.0220. The number of aryl methyl sites for hydroxylation is 2. The lowest BCUT2D eigenvalue weighted by Crippen LogP contribution is -2.04. The molecule has 0 atom stereocenters. The van der Waals surface area contributed by atoms with E-state index in [2.05, 4.69) is 5.10 Å². The van der Waals surface area contributed by atoms with Gasteiger partial charge in [0.15, 0.2) is 5.69 Å². The molecule has 4 nitrogen and oxygen atoms in total. The maximum Gasteiger partial charge on any atom is 0.356 e. The van der Waals surface area contributed by atoms with Gasteiger partial charge >= 0.3 is 5.97 Å². The normalized spacial score (nSPS) is 10.5. The van der Waals surface area contributed by atoms with Crippen LogP contribution in [0.4, 0.5) is 4.39 Å². The predicted octanol–water partition coefficient (Wildman–Crippen LogP) is 2.33. The van der Waals surface area contributed by atoms with Crippen molar-refractivity contribution >= 4 is 5.97 Å². The van der Waals surface area contributed by atoms with Crippen LogP contribution in [0.3, 0.4) is 0 Å². The van der Waals surface area contributed by atoms with Gasteiger partial charge in [-0.15, -0.1) is 0 Å². The summed E-state index contributed by atoms with van der Waals surface area (Å²) < 4.78 is 14.5. The first-order valence-corrected chi connectivity index (χ1v) is 5.05. The highest BCUT2D eigenvalue weighted by atomic mass is 19.1. The summed E-state index contributed by atoms with van der Waals surface area (Å²) in [5.74, 6) is -1.40. The molecule has 1 N–H and O–H groups in total. The van der Waals surface area contributed by atoms with Crippen molar-refractivity contribution in [1.82, 2.24) is 9.78 Å². The molecule has 5 heteroatoms.